The van der Waals surface area contributed by atoms with Gasteiger partial charge in [0.15, 0.2) is 0 Å². The van der Waals surface area contributed by atoms with Crippen LogP contribution < -0.4 is 5.32 Å². The molecule has 1 aliphatic carbocycles. The van der Waals surface area contributed by atoms with Crippen LogP contribution in [-0.4, -0.2) is 70.7 Å². The summed E-state index contributed by atoms with van der Waals surface area (Å²) in [7, 11) is 0. The number of likely N-dealkylation sites (tertiary alicyclic amines) is 2. The van der Waals surface area contributed by atoms with Crippen LogP contribution in [0, 0.1) is 5.92 Å². The number of carboxylic acid groups (broad SMARTS) is 1. The zero-order chi connectivity index (χ0) is 29.3. The summed E-state index contributed by atoms with van der Waals surface area (Å²) >= 11 is 0. The highest BCUT2D eigenvalue weighted by Gasteiger charge is 2.50. The molecule has 2 heterocycles. The van der Waals surface area contributed by atoms with E-state index in [1.807, 2.05) is 49.4 Å². The lowest BCUT2D eigenvalue weighted by molar-refractivity contribution is -0.149. The first-order valence-electron chi connectivity index (χ1n) is 14.8. The molecule has 8 heteroatoms. The zero-order valence-corrected chi connectivity index (χ0v) is 23.9. The third-order valence-electron chi connectivity index (χ3n) is 9.18. The SMILES string of the molecule is C[C@@H]1C[C@H](C(=O)O)CCN1C(=O)C1(NC(=O)OCC2c3ccccc3-c3ccccc32)CCN(Cc2ccccc2)C1. The Hall–Kier alpha value is -4.17. The van der Waals surface area contributed by atoms with Crippen LogP contribution in [0.3, 0.4) is 0 Å². The van der Waals surface area contributed by atoms with E-state index < -0.39 is 23.5 Å². The number of rotatable bonds is 7. The lowest BCUT2D eigenvalue weighted by Gasteiger charge is -2.41. The van der Waals surface area contributed by atoms with Crippen LogP contribution >= 0.6 is 0 Å². The van der Waals surface area contributed by atoms with Gasteiger partial charge in [-0.3, -0.25) is 14.5 Å². The highest BCUT2D eigenvalue weighted by molar-refractivity contribution is 5.91. The van der Waals surface area contributed by atoms with Crippen LogP contribution in [0.5, 0.6) is 0 Å². The molecule has 3 atom stereocenters. The molecule has 0 saturated carbocycles. The monoisotopic (exact) mass is 567 g/mol. The first-order valence-corrected chi connectivity index (χ1v) is 14.8. The average Bonchev–Trinajstić information content (AvgIpc) is 3.55. The molecule has 2 saturated heterocycles. The number of ether oxygens (including phenoxy) is 1. The van der Waals surface area contributed by atoms with Crippen molar-refractivity contribution in [2.24, 2.45) is 5.92 Å². The summed E-state index contributed by atoms with van der Waals surface area (Å²) in [6.07, 6.45) is 0.643. The van der Waals surface area contributed by atoms with Gasteiger partial charge in [0, 0.05) is 38.1 Å². The number of amides is 2. The molecule has 8 nitrogen and oxygen atoms in total. The van der Waals surface area contributed by atoms with Crippen molar-refractivity contribution in [3.8, 4) is 11.1 Å². The Morgan fingerprint density at radius 2 is 1.57 bits per heavy atom. The molecule has 3 aromatic rings. The van der Waals surface area contributed by atoms with E-state index in [1.165, 1.54) is 0 Å². The van der Waals surface area contributed by atoms with Crippen molar-refractivity contribution in [3.63, 3.8) is 0 Å². The van der Waals surface area contributed by atoms with Crippen LogP contribution in [0.1, 0.15) is 48.8 Å². The van der Waals surface area contributed by atoms with Gasteiger partial charge in [0.1, 0.15) is 12.1 Å². The molecule has 2 amide bonds. The Morgan fingerprint density at radius 1 is 0.929 bits per heavy atom. The van der Waals surface area contributed by atoms with E-state index in [2.05, 4.69) is 46.6 Å². The van der Waals surface area contributed by atoms with Crippen molar-refractivity contribution in [2.75, 3.05) is 26.2 Å². The summed E-state index contributed by atoms with van der Waals surface area (Å²) in [5.41, 5.74) is 4.55. The molecule has 2 fully saturated rings. The lowest BCUT2D eigenvalue weighted by Crippen LogP contribution is -2.63. The predicted octanol–water partition coefficient (Wildman–Crippen LogP) is 4.88. The largest absolute Gasteiger partial charge is 0.481 e. The van der Waals surface area contributed by atoms with Gasteiger partial charge >= 0.3 is 12.1 Å². The molecule has 0 radical (unpaired) electrons. The Morgan fingerprint density at radius 3 is 2.21 bits per heavy atom. The molecule has 3 aliphatic rings. The third-order valence-corrected chi connectivity index (χ3v) is 9.18. The van der Waals surface area contributed by atoms with Crippen LogP contribution in [0.4, 0.5) is 4.79 Å². The maximum Gasteiger partial charge on any atom is 0.408 e. The maximum absolute atomic E-state index is 14.2. The molecule has 0 bridgehead atoms. The summed E-state index contributed by atoms with van der Waals surface area (Å²) in [6.45, 7) is 4.08. The molecular formula is C34H37N3O5. The van der Waals surface area contributed by atoms with E-state index in [4.69, 9.17) is 4.74 Å². The first-order chi connectivity index (χ1) is 20.3. The number of nitrogens with one attached hydrogen (secondary N) is 1. The minimum absolute atomic E-state index is 0.0805. The van der Waals surface area contributed by atoms with E-state index in [9.17, 15) is 19.5 Å². The fraction of sp³-hybridized carbons (Fsp3) is 0.382. The first kappa shape index (κ1) is 28.0. The number of hydrogen-bond donors (Lipinski definition) is 2. The molecule has 2 aliphatic heterocycles. The third kappa shape index (κ3) is 5.39. The van der Waals surface area contributed by atoms with Crippen molar-refractivity contribution in [1.29, 1.82) is 0 Å². The van der Waals surface area contributed by atoms with Gasteiger partial charge in [-0.15, -0.1) is 0 Å². The van der Waals surface area contributed by atoms with E-state index in [0.29, 0.717) is 45.4 Å². The molecule has 2 N–H and O–H groups in total. The molecule has 1 unspecified atom stereocenters. The molecule has 42 heavy (non-hydrogen) atoms. The van der Waals surface area contributed by atoms with Crippen LogP contribution in [0.15, 0.2) is 78.9 Å². The number of carboxylic acids is 1. The van der Waals surface area contributed by atoms with Crippen LogP contribution in [0.2, 0.25) is 0 Å². The topological polar surface area (TPSA) is 99.2 Å². The quantitative estimate of drug-likeness (QED) is 0.422. The summed E-state index contributed by atoms with van der Waals surface area (Å²) in [6, 6.07) is 26.2. The molecule has 3 aromatic carbocycles. The van der Waals surface area contributed by atoms with Crippen molar-refractivity contribution >= 4 is 18.0 Å². The van der Waals surface area contributed by atoms with Gasteiger partial charge in [-0.25, -0.2) is 4.79 Å². The Balaban J connectivity index is 1.19. The number of carbonyl (C=O) groups is 3. The van der Waals surface area contributed by atoms with Crippen molar-refractivity contribution in [3.05, 3.63) is 95.6 Å². The van der Waals surface area contributed by atoms with Gasteiger partial charge in [0.2, 0.25) is 5.91 Å². The number of fused-ring (bicyclic) bond motifs is 3. The fourth-order valence-electron chi connectivity index (χ4n) is 7.00. The standard InChI is InChI=1S/C34H37N3O5/c1-23-19-25(31(38)39)15-17-37(23)32(40)34(16-18-36(22-34)20-24-9-3-2-4-10-24)35-33(41)42-21-30-28-13-7-5-11-26(28)27-12-6-8-14-29(27)30/h2-14,23,25,30H,15-22H2,1H3,(H,35,41)(H,38,39)/t23-,25-,34?/m1/s1. The second kappa shape index (κ2) is 11.6. The Bertz CT molecular complexity index is 1430. The van der Waals surface area contributed by atoms with Crippen molar-refractivity contribution in [2.45, 2.75) is 50.2 Å². The van der Waals surface area contributed by atoms with Gasteiger partial charge in [-0.1, -0.05) is 78.9 Å². The normalized spacial score (nSPS) is 23.7. The second-order valence-corrected chi connectivity index (χ2v) is 11.9. The van der Waals surface area contributed by atoms with Gasteiger partial charge in [-0.05, 0) is 54.0 Å². The lowest BCUT2D eigenvalue weighted by atomic mass is 9.88. The summed E-state index contributed by atoms with van der Waals surface area (Å²) in [5.74, 6) is -1.53. The molecule has 6 rings (SSSR count). The minimum Gasteiger partial charge on any atom is -0.481 e. The highest BCUT2D eigenvalue weighted by atomic mass is 16.5. The molecule has 218 valence electrons. The van der Waals surface area contributed by atoms with Gasteiger partial charge in [0.05, 0.1) is 5.92 Å². The number of piperidine rings is 1. The number of aliphatic carboxylic acids is 1. The molecule has 0 aromatic heterocycles. The minimum atomic E-state index is -1.15. The maximum atomic E-state index is 14.2. The smallest absolute Gasteiger partial charge is 0.408 e. The summed E-state index contributed by atoms with van der Waals surface area (Å²) in [4.78, 5) is 43.2. The van der Waals surface area contributed by atoms with E-state index in [1.54, 1.807) is 4.90 Å². The second-order valence-electron chi connectivity index (χ2n) is 11.9. The van der Waals surface area contributed by atoms with Gasteiger partial charge in [-0.2, -0.15) is 0 Å². The van der Waals surface area contributed by atoms with Crippen LogP contribution in [0.25, 0.3) is 11.1 Å². The van der Waals surface area contributed by atoms with Crippen molar-refractivity contribution in [1.82, 2.24) is 15.1 Å². The highest BCUT2D eigenvalue weighted by Crippen LogP contribution is 2.44. The number of benzene rings is 3. The van der Waals surface area contributed by atoms with Gasteiger partial charge < -0.3 is 20.1 Å². The number of alkyl carbamates (subject to hydrolysis) is 1. The summed E-state index contributed by atoms with van der Waals surface area (Å²) in [5, 5.41) is 12.5. The summed E-state index contributed by atoms with van der Waals surface area (Å²) < 4.78 is 5.88. The van der Waals surface area contributed by atoms with Gasteiger partial charge in [0.25, 0.3) is 0 Å². The Kier molecular flexibility index (Phi) is 7.73. The average molecular weight is 568 g/mol. The molecular weight excluding hydrogens is 530 g/mol. The Labute approximate surface area is 246 Å². The number of carbonyl (C=O) groups excluding carboxylic acids is 2. The fourth-order valence-corrected chi connectivity index (χ4v) is 7.00. The predicted molar refractivity (Wildman–Crippen MR) is 159 cm³/mol. The van der Waals surface area contributed by atoms with E-state index in [0.717, 1.165) is 27.8 Å². The number of hydrogen-bond acceptors (Lipinski definition) is 5. The van der Waals surface area contributed by atoms with Crippen molar-refractivity contribution < 1.29 is 24.2 Å². The van der Waals surface area contributed by atoms with Crippen LogP contribution in [-0.2, 0) is 20.9 Å². The molecule has 0 spiro atoms. The van der Waals surface area contributed by atoms with E-state index >= 15 is 0 Å². The van der Waals surface area contributed by atoms with E-state index in [-0.39, 0.29) is 24.5 Å². The zero-order valence-electron chi connectivity index (χ0n) is 23.9. The number of nitrogens with zero attached hydrogens (tertiary/aromatic N) is 2.